The van der Waals surface area contributed by atoms with E-state index in [1.54, 1.807) is 0 Å². The normalized spacial score (nSPS) is 16.9. The smallest absolute Gasteiger partial charge is 0.337 e. The molecule has 2 aliphatic rings. The maximum Gasteiger partial charge on any atom is 0.416 e. The maximum atomic E-state index is 13.0. The lowest BCUT2D eigenvalue weighted by Crippen LogP contribution is -2.41. The number of benzene rings is 2. The number of halogens is 3. The summed E-state index contributed by atoms with van der Waals surface area (Å²) in [4.78, 5) is 34.9. The molecule has 1 aromatic heterocycles. The molecule has 1 aliphatic heterocycles. The van der Waals surface area contributed by atoms with E-state index in [0.717, 1.165) is 30.5 Å². The molecule has 2 aromatic carbocycles. The highest BCUT2D eigenvalue weighted by Crippen LogP contribution is 2.51. The molecular weight excluding hydrogens is 431 g/mol. The molecule has 1 saturated carbocycles. The molecule has 0 unspecified atom stereocenters. The molecule has 170 valence electrons. The zero-order chi connectivity index (χ0) is 23.2. The van der Waals surface area contributed by atoms with Gasteiger partial charge in [0.2, 0.25) is 5.91 Å². The van der Waals surface area contributed by atoms with Crippen LogP contribution in [0.5, 0.6) is 0 Å². The van der Waals surface area contributed by atoms with Gasteiger partial charge in [-0.05, 0) is 30.0 Å². The minimum absolute atomic E-state index is 0.105. The van der Waals surface area contributed by atoms with E-state index >= 15 is 0 Å². The first-order valence-corrected chi connectivity index (χ1v) is 10.9. The van der Waals surface area contributed by atoms with E-state index in [2.05, 4.69) is 4.98 Å². The van der Waals surface area contributed by atoms with Crippen molar-refractivity contribution in [2.24, 2.45) is 0 Å². The largest absolute Gasteiger partial charge is 0.416 e. The second kappa shape index (κ2) is 7.86. The SMILES string of the molecule is O=C(Cc1cccc(C(F)(F)F)c1)N1CCc2nc(C3(c4ccccc4)CC3)[nH]c(=O)c2C1. The van der Waals surface area contributed by atoms with Gasteiger partial charge in [0.25, 0.3) is 5.56 Å². The Hall–Kier alpha value is -3.42. The van der Waals surface area contributed by atoms with Gasteiger partial charge in [-0.3, -0.25) is 9.59 Å². The quantitative estimate of drug-likeness (QED) is 0.650. The van der Waals surface area contributed by atoms with Gasteiger partial charge in [-0.15, -0.1) is 0 Å². The third kappa shape index (κ3) is 4.05. The van der Waals surface area contributed by atoms with Crippen LogP contribution in [0.4, 0.5) is 13.2 Å². The molecule has 1 aliphatic carbocycles. The molecular formula is C25H22F3N3O2. The molecule has 1 amide bonds. The van der Waals surface area contributed by atoms with E-state index in [-0.39, 0.29) is 29.8 Å². The van der Waals surface area contributed by atoms with Gasteiger partial charge in [-0.1, -0.05) is 48.5 Å². The van der Waals surface area contributed by atoms with Crippen molar-refractivity contribution >= 4 is 5.91 Å². The number of alkyl halides is 3. The fourth-order valence-corrected chi connectivity index (χ4v) is 4.55. The first-order chi connectivity index (χ1) is 15.8. The fraction of sp³-hybridized carbons (Fsp3) is 0.320. The minimum atomic E-state index is -4.46. The summed E-state index contributed by atoms with van der Waals surface area (Å²) in [5.41, 5.74) is 1.27. The first-order valence-electron chi connectivity index (χ1n) is 10.9. The number of aromatic nitrogens is 2. The Labute approximate surface area is 188 Å². The first kappa shape index (κ1) is 21.4. The number of hydrogen-bond donors (Lipinski definition) is 1. The van der Waals surface area contributed by atoms with Crippen molar-refractivity contribution in [3.05, 3.63) is 98.7 Å². The van der Waals surface area contributed by atoms with Crippen LogP contribution in [0.2, 0.25) is 0 Å². The Morgan fingerprint density at radius 2 is 1.85 bits per heavy atom. The molecule has 3 aromatic rings. The fourth-order valence-electron chi connectivity index (χ4n) is 4.55. The van der Waals surface area contributed by atoms with E-state index < -0.39 is 11.7 Å². The Bertz CT molecular complexity index is 1260. The summed E-state index contributed by atoms with van der Waals surface area (Å²) in [6, 6.07) is 14.8. The van der Waals surface area contributed by atoms with Crippen LogP contribution in [0.3, 0.4) is 0 Å². The number of carbonyl (C=O) groups is 1. The Balaban J connectivity index is 1.35. The van der Waals surface area contributed by atoms with E-state index in [9.17, 15) is 22.8 Å². The summed E-state index contributed by atoms with van der Waals surface area (Å²) >= 11 is 0. The molecule has 1 fully saturated rings. The average Bonchev–Trinajstić information content (AvgIpc) is 3.61. The Morgan fingerprint density at radius 3 is 2.55 bits per heavy atom. The number of nitrogens with zero attached hydrogens (tertiary/aromatic N) is 2. The molecule has 0 spiro atoms. The van der Waals surface area contributed by atoms with Crippen molar-refractivity contribution in [3.8, 4) is 0 Å². The third-order valence-corrected chi connectivity index (χ3v) is 6.56. The summed E-state index contributed by atoms with van der Waals surface area (Å²) in [5, 5.41) is 0. The van der Waals surface area contributed by atoms with Crippen molar-refractivity contribution in [1.29, 1.82) is 0 Å². The van der Waals surface area contributed by atoms with Crippen LogP contribution in [-0.4, -0.2) is 27.3 Å². The van der Waals surface area contributed by atoms with Crippen LogP contribution in [-0.2, 0) is 35.8 Å². The standard InChI is InChI=1S/C25H22F3N3O2/c26-25(27,28)18-8-4-5-16(13-18)14-21(32)31-12-9-20-19(15-31)22(33)30-23(29-20)24(10-11-24)17-6-2-1-3-7-17/h1-8,13H,9-12,14-15H2,(H,29,30,33). The van der Waals surface area contributed by atoms with E-state index in [4.69, 9.17) is 4.98 Å². The van der Waals surface area contributed by atoms with Crippen LogP contribution in [0.15, 0.2) is 59.4 Å². The van der Waals surface area contributed by atoms with Gasteiger partial charge in [0.05, 0.1) is 35.2 Å². The lowest BCUT2D eigenvalue weighted by atomic mass is 9.94. The molecule has 0 saturated heterocycles. The number of aromatic amines is 1. The lowest BCUT2D eigenvalue weighted by Gasteiger charge is -2.28. The van der Waals surface area contributed by atoms with Crippen LogP contribution < -0.4 is 5.56 Å². The molecule has 5 nitrogen and oxygen atoms in total. The topological polar surface area (TPSA) is 66.1 Å². The van der Waals surface area contributed by atoms with Crippen molar-refractivity contribution in [1.82, 2.24) is 14.9 Å². The van der Waals surface area contributed by atoms with Gasteiger partial charge < -0.3 is 9.88 Å². The number of amides is 1. The summed E-state index contributed by atoms with van der Waals surface area (Å²) in [5.74, 6) is 0.354. The summed E-state index contributed by atoms with van der Waals surface area (Å²) in [6.45, 7) is 0.479. The van der Waals surface area contributed by atoms with E-state index in [0.29, 0.717) is 35.6 Å². The number of hydrogen-bond acceptors (Lipinski definition) is 3. The number of nitrogens with one attached hydrogen (secondary N) is 1. The zero-order valence-electron chi connectivity index (χ0n) is 17.8. The third-order valence-electron chi connectivity index (χ3n) is 6.56. The number of rotatable bonds is 4. The number of carbonyl (C=O) groups excluding carboxylic acids is 1. The molecule has 0 bridgehead atoms. The van der Waals surface area contributed by atoms with Gasteiger partial charge in [0, 0.05) is 13.0 Å². The molecule has 0 atom stereocenters. The predicted octanol–water partition coefficient (Wildman–Crippen LogP) is 4.00. The van der Waals surface area contributed by atoms with Gasteiger partial charge in [-0.2, -0.15) is 13.2 Å². The van der Waals surface area contributed by atoms with Crippen molar-refractivity contribution in [3.63, 3.8) is 0 Å². The van der Waals surface area contributed by atoms with Gasteiger partial charge in [-0.25, -0.2) is 4.98 Å². The molecule has 33 heavy (non-hydrogen) atoms. The van der Waals surface area contributed by atoms with Gasteiger partial charge >= 0.3 is 6.18 Å². The second-order valence-corrected chi connectivity index (χ2v) is 8.73. The highest BCUT2D eigenvalue weighted by atomic mass is 19.4. The summed E-state index contributed by atoms with van der Waals surface area (Å²) in [7, 11) is 0. The van der Waals surface area contributed by atoms with E-state index in [1.165, 1.54) is 17.0 Å². The van der Waals surface area contributed by atoms with Gasteiger partial charge in [0.15, 0.2) is 0 Å². The summed E-state index contributed by atoms with van der Waals surface area (Å²) in [6.07, 6.45) is -2.34. The Morgan fingerprint density at radius 1 is 1.09 bits per heavy atom. The lowest BCUT2D eigenvalue weighted by molar-refractivity contribution is -0.138. The van der Waals surface area contributed by atoms with Gasteiger partial charge in [0.1, 0.15) is 5.82 Å². The number of H-pyrrole nitrogens is 1. The molecule has 8 heteroatoms. The van der Waals surface area contributed by atoms with E-state index in [1.807, 2.05) is 30.3 Å². The van der Waals surface area contributed by atoms with Crippen LogP contribution in [0.25, 0.3) is 0 Å². The van der Waals surface area contributed by atoms with Crippen LogP contribution >= 0.6 is 0 Å². The van der Waals surface area contributed by atoms with Crippen molar-refractivity contribution < 1.29 is 18.0 Å². The monoisotopic (exact) mass is 453 g/mol. The molecule has 5 rings (SSSR count). The van der Waals surface area contributed by atoms with Crippen LogP contribution in [0.1, 0.15) is 46.6 Å². The average molecular weight is 453 g/mol. The van der Waals surface area contributed by atoms with Crippen LogP contribution in [0, 0.1) is 0 Å². The summed E-state index contributed by atoms with van der Waals surface area (Å²) < 4.78 is 38.9. The van der Waals surface area contributed by atoms with Crippen molar-refractivity contribution in [2.45, 2.75) is 43.8 Å². The highest BCUT2D eigenvalue weighted by molar-refractivity contribution is 5.79. The molecule has 1 N–H and O–H groups in total. The second-order valence-electron chi connectivity index (χ2n) is 8.73. The minimum Gasteiger partial charge on any atom is -0.337 e. The zero-order valence-corrected chi connectivity index (χ0v) is 17.8. The van der Waals surface area contributed by atoms with Crippen molar-refractivity contribution in [2.75, 3.05) is 6.54 Å². The maximum absolute atomic E-state index is 13.0. The molecule has 0 radical (unpaired) electrons. The predicted molar refractivity (Wildman–Crippen MR) is 116 cm³/mol. The molecule has 2 heterocycles. The highest BCUT2D eigenvalue weighted by Gasteiger charge is 2.48. The Kier molecular flexibility index (Phi) is 5.11. The number of fused-ring (bicyclic) bond motifs is 1.